The van der Waals surface area contributed by atoms with Gasteiger partial charge >= 0.3 is 5.97 Å². The average molecular weight is 352 g/mol. The second kappa shape index (κ2) is 6.85. The van der Waals surface area contributed by atoms with Gasteiger partial charge in [0.05, 0.1) is 28.1 Å². The zero-order valence-corrected chi connectivity index (χ0v) is 13.1. The van der Waals surface area contributed by atoms with Crippen molar-refractivity contribution in [2.45, 2.75) is 12.5 Å². The summed E-state index contributed by atoms with van der Waals surface area (Å²) in [6.07, 6.45) is -0.146. The summed E-state index contributed by atoms with van der Waals surface area (Å²) in [5.74, 6) is -0.942. The predicted molar refractivity (Wildman–Crippen MR) is 80.8 cm³/mol. The van der Waals surface area contributed by atoms with Gasteiger partial charge < -0.3 is 10.0 Å². The molecule has 114 valence electrons. The maximum absolute atomic E-state index is 13.5. The van der Waals surface area contributed by atoms with Gasteiger partial charge in [-0.05, 0) is 12.1 Å². The molecule has 0 spiro atoms. The lowest BCUT2D eigenvalue weighted by atomic mass is 10.1. The van der Waals surface area contributed by atoms with Gasteiger partial charge in [-0.3, -0.25) is 9.59 Å². The topological polar surface area (TPSA) is 57.6 Å². The molecule has 8 heteroatoms. The highest BCUT2D eigenvalue weighted by Gasteiger charge is 2.30. The number of nitrogens with zero attached hydrogens (tertiary/aromatic N) is 1. The van der Waals surface area contributed by atoms with Crippen molar-refractivity contribution in [2.75, 3.05) is 18.1 Å². The van der Waals surface area contributed by atoms with E-state index in [0.717, 1.165) is 6.07 Å². The van der Waals surface area contributed by atoms with Gasteiger partial charge in [0.1, 0.15) is 5.82 Å². The number of halogens is 3. The molecular weight excluding hydrogens is 340 g/mol. The van der Waals surface area contributed by atoms with Crippen molar-refractivity contribution < 1.29 is 19.1 Å². The highest BCUT2D eigenvalue weighted by Crippen LogP contribution is 2.28. The normalized spacial score (nSPS) is 18.6. The minimum absolute atomic E-state index is 0.000792. The van der Waals surface area contributed by atoms with E-state index in [0.29, 0.717) is 18.1 Å². The third kappa shape index (κ3) is 3.81. The molecule has 0 saturated carbocycles. The van der Waals surface area contributed by atoms with Gasteiger partial charge in [0.25, 0.3) is 5.91 Å². The van der Waals surface area contributed by atoms with Crippen LogP contribution in [0.25, 0.3) is 0 Å². The maximum atomic E-state index is 13.5. The van der Waals surface area contributed by atoms with Crippen LogP contribution in [-0.2, 0) is 4.79 Å². The molecule has 0 radical (unpaired) electrons. The van der Waals surface area contributed by atoms with Crippen LogP contribution in [0.2, 0.25) is 10.0 Å². The molecule has 1 heterocycles. The van der Waals surface area contributed by atoms with Crippen molar-refractivity contribution in [3.05, 3.63) is 33.6 Å². The molecule has 1 fully saturated rings. The number of aliphatic carboxylic acids is 1. The van der Waals surface area contributed by atoms with Crippen LogP contribution in [0.3, 0.4) is 0 Å². The number of hydrogen-bond acceptors (Lipinski definition) is 3. The fourth-order valence-corrected chi connectivity index (χ4v) is 3.66. The summed E-state index contributed by atoms with van der Waals surface area (Å²) in [4.78, 5) is 24.8. The van der Waals surface area contributed by atoms with Crippen LogP contribution in [0.5, 0.6) is 0 Å². The molecule has 1 aromatic rings. The van der Waals surface area contributed by atoms with E-state index in [9.17, 15) is 14.0 Å². The fraction of sp³-hybridized carbons (Fsp3) is 0.385. The first-order valence-corrected chi connectivity index (χ1v) is 8.06. The standard InChI is InChI=1S/C13H12Cl2FNO3S/c14-9-5-10(15)11(16)4-8(9)13(20)17-1-2-21-6-7(17)3-12(18)19/h4-5,7H,1-3,6H2,(H,18,19). The van der Waals surface area contributed by atoms with Crippen LogP contribution in [0.15, 0.2) is 12.1 Å². The van der Waals surface area contributed by atoms with Crippen LogP contribution in [0.1, 0.15) is 16.8 Å². The molecule has 1 atom stereocenters. The summed E-state index contributed by atoms with van der Waals surface area (Å²) in [6.45, 7) is 0.405. The summed E-state index contributed by atoms with van der Waals surface area (Å²) in [7, 11) is 0. The van der Waals surface area contributed by atoms with Crippen LogP contribution in [0, 0.1) is 5.82 Å². The summed E-state index contributed by atoms with van der Waals surface area (Å²) >= 11 is 13.1. The number of carboxylic acids is 1. The smallest absolute Gasteiger partial charge is 0.305 e. The summed E-state index contributed by atoms with van der Waals surface area (Å²) in [5, 5.41) is 8.82. The maximum Gasteiger partial charge on any atom is 0.305 e. The van der Waals surface area contributed by atoms with E-state index < -0.39 is 23.7 Å². The first-order chi connectivity index (χ1) is 9.90. The molecule has 1 aliphatic rings. The minimum Gasteiger partial charge on any atom is -0.481 e. The van der Waals surface area contributed by atoms with Crippen molar-refractivity contribution in [3.8, 4) is 0 Å². The molecule has 2 rings (SSSR count). The number of amides is 1. The molecule has 1 aliphatic heterocycles. The lowest BCUT2D eigenvalue weighted by molar-refractivity contribution is -0.138. The summed E-state index contributed by atoms with van der Waals surface area (Å²) < 4.78 is 13.5. The van der Waals surface area contributed by atoms with Crippen molar-refractivity contribution in [3.63, 3.8) is 0 Å². The lowest BCUT2D eigenvalue weighted by Crippen LogP contribution is -2.47. The van der Waals surface area contributed by atoms with Crippen molar-refractivity contribution in [1.29, 1.82) is 0 Å². The Hall–Kier alpha value is -0.980. The molecule has 4 nitrogen and oxygen atoms in total. The number of rotatable bonds is 3. The Bertz CT molecular complexity index is 585. The number of benzene rings is 1. The van der Waals surface area contributed by atoms with E-state index in [4.69, 9.17) is 28.3 Å². The van der Waals surface area contributed by atoms with Crippen molar-refractivity contribution >= 4 is 46.8 Å². The Morgan fingerprint density at radius 1 is 1.38 bits per heavy atom. The average Bonchev–Trinajstić information content (AvgIpc) is 2.42. The number of carboxylic acid groups (broad SMARTS) is 1. The second-order valence-corrected chi connectivity index (χ2v) is 6.54. The molecule has 21 heavy (non-hydrogen) atoms. The second-order valence-electron chi connectivity index (χ2n) is 4.57. The molecular formula is C13H12Cl2FNO3S. The Labute approximate surface area is 135 Å². The Morgan fingerprint density at radius 3 is 2.76 bits per heavy atom. The highest BCUT2D eigenvalue weighted by molar-refractivity contribution is 7.99. The molecule has 1 saturated heterocycles. The molecule has 0 bridgehead atoms. The van der Waals surface area contributed by atoms with E-state index in [1.807, 2.05) is 0 Å². The predicted octanol–water partition coefficient (Wildman–Crippen LogP) is 3.16. The largest absolute Gasteiger partial charge is 0.481 e. The van der Waals surface area contributed by atoms with E-state index >= 15 is 0 Å². The molecule has 0 aliphatic carbocycles. The lowest BCUT2D eigenvalue weighted by Gasteiger charge is -2.34. The number of carbonyl (C=O) groups excluding carboxylic acids is 1. The summed E-state index contributed by atoms with van der Waals surface area (Å²) in [6, 6.07) is 1.74. The molecule has 1 unspecified atom stereocenters. The molecule has 1 aromatic carbocycles. The van der Waals surface area contributed by atoms with Crippen LogP contribution in [0.4, 0.5) is 4.39 Å². The third-order valence-electron chi connectivity index (χ3n) is 3.14. The zero-order valence-electron chi connectivity index (χ0n) is 10.8. The van der Waals surface area contributed by atoms with Gasteiger partial charge in [0.15, 0.2) is 0 Å². The number of hydrogen-bond donors (Lipinski definition) is 1. The van der Waals surface area contributed by atoms with Crippen molar-refractivity contribution in [1.82, 2.24) is 4.90 Å². The Balaban J connectivity index is 2.28. The fourth-order valence-electron chi connectivity index (χ4n) is 2.13. The Morgan fingerprint density at radius 2 is 2.10 bits per heavy atom. The zero-order chi connectivity index (χ0) is 15.6. The first-order valence-electron chi connectivity index (χ1n) is 6.15. The highest BCUT2D eigenvalue weighted by atomic mass is 35.5. The SMILES string of the molecule is O=C(O)CC1CSCCN1C(=O)c1cc(F)c(Cl)cc1Cl. The third-order valence-corrected chi connectivity index (χ3v) is 4.83. The molecule has 1 N–H and O–H groups in total. The quantitative estimate of drug-likeness (QED) is 0.849. The van der Waals surface area contributed by atoms with Gasteiger partial charge in [-0.1, -0.05) is 23.2 Å². The Kier molecular flexibility index (Phi) is 5.35. The van der Waals surface area contributed by atoms with Crippen LogP contribution < -0.4 is 0 Å². The van der Waals surface area contributed by atoms with Crippen LogP contribution >= 0.6 is 35.0 Å². The van der Waals surface area contributed by atoms with E-state index in [1.54, 1.807) is 11.8 Å². The van der Waals surface area contributed by atoms with Gasteiger partial charge in [-0.25, -0.2) is 4.39 Å². The molecule has 1 amide bonds. The van der Waals surface area contributed by atoms with E-state index in [-0.39, 0.29) is 22.0 Å². The van der Waals surface area contributed by atoms with E-state index in [2.05, 4.69) is 0 Å². The number of carbonyl (C=O) groups is 2. The van der Waals surface area contributed by atoms with Gasteiger partial charge in [0.2, 0.25) is 0 Å². The van der Waals surface area contributed by atoms with E-state index in [1.165, 1.54) is 11.0 Å². The monoisotopic (exact) mass is 351 g/mol. The molecule has 0 aromatic heterocycles. The van der Waals surface area contributed by atoms with Gasteiger partial charge in [0, 0.05) is 18.1 Å². The number of thioether (sulfide) groups is 1. The van der Waals surface area contributed by atoms with Crippen LogP contribution in [-0.4, -0.2) is 46.0 Å². The van der Waals surface area contributed by atoms with Crippen molar-refractivity contribution in [2.24, 2.45) is 0 Å². The summed E-state index contributed by atoms with van der Waals surface area (Å²) in [5.41, 5.74) is 0.000792. The minimum atomic E-state index is -0.978. The first kappa shape index (κ1) is 16.4. The van der Waals surface area contributed by atoms with Gasteiger partial charge in [-0.2, -0.15) is 11.8 Å². The van der Waals surface area contributed by atoms with Gasteiger partial charge in [-0.15, -0.1) is 0 Å².